The fourth-order valence-corrected chi connectivity index (χ4v) is 4.27. The number of nitrogens with zero attached hydrogens (tertiary/aromatic N) is 1. The first-order valence-electron chi connectivity index (χ1n) is 7.26. The lowest BCUT2D eigenvalue weighted by atomic mass is 9.99. The lowest BCUT2D eigenvalue weighted by Gasteiger charge is -2.18. The van der Waals surface area contributed by atoms with Crippen LogP contribution in [0.4, 0.5) is 0 Å². The van der Waals surface area contributed by atoms with Gasteiger partial charge in [0.15, 0.2) is 0 Å². The van der Waals surface area contributed by atoms with Crippen LogP contribution >= 0.6 is 31.9 Å². The smallest absolute Gasteiger partial charge is 0.0719 e. The Kier molecular flexibility index (Phi) is 4.77. The summed E-state index contributed by atoms with van der Waals surface area (Å²) in [7, 11) is 1.99. The molecule has 1 aliphatic rings. The number of aromatic nitrogens is 1. The summed E-state index contributed by atoms with van der Waals surface area (Å²) in [6.07, 6.45) is 6.58. The molecular formula is C17H18Br2N2. The zero-order valence-corrected chi connectivity index (χ0v) is 15.2. The van der Waals surface area contributed by atoms with E-state index in [9.17, 15) is 0 Å². The summed E-state index contributed by atoms with van der Waals surface area (Å²) in [4.78, 5) is 4.56. The Hall–Kier alpha value is -0.710. The van der Waals surface area contributed by atoms with E-state index in [0.717, 1.165) is 21.1 Å². The molecular weight excluding hydrogens is 392 g/mol. The third kappa shape index (κ3) is 3.38. The van der Waals surface area contributed by atoms with E-state index in [1.54, 1.807) is 0 Å². The summed E-state index contributed by atoms with van der Waals surface area (Å²) in [6.45, 7) is 0. The average Bonchev–Trinajstić information content (AvgIpc) is 2.93. The zero-order valence-electron chi connectivity index (χ0n) is 12.0. The van der Waals surface area contributed by atoms with Crippen molar-refractivity contribution in [3.63, 3.8) is 0 Å². The predicted octanol–water partition coefficient (Wildman–Crippen LogP) is 4.60. The van der Waals surface area contributed by atoms with E-state index in [0.29, 0.717) is 0 Å². The van der Waals surface area contributed by atoms with Crippen molar-refractivity contribution in [2.45, 2.75) is 31.7 Å². The van der Waals surface area contributed by atoms with E-state index in [-0.39, 0.29) is 6.04 Å². The first-order chi connectivity index (χ1) is 10.2. The molecule has 0 amide bonds. The lowest BCUT2D eigenvalue weighted by Crippen LogP contribution is -2.20. The van der Waals surface area contributed by atoms with Gasteiger partial charge in [0.2, 0.25) is 0 Å². The van der Waals surface area contributed by atoms with Crippen LogP contribution in [0.3, 0.4) is 0 Å². The van der Waals surface area contributed by atoms with Gasteiger partial charge < -0.3 is 5.32 Å². The minimum absolute atomic E-state index is 0.215. The van der Waals surface area contributed by atoms with Crippen LogP contribution in [0, 0.1) is 0 Å². The summed E-state index contributed by atoms with van der Waals surface area (Å²) in [5.74, 6) is 0. The predicted molar refractivity (Wildman–Crippen MR) is 93.6 cm³/mol. The molecule has 0 spiro atoms. The number of hydrogen-bond acceptors (Lipinski definition) is 2. The van der Waals surface area contributed by atoms with Gasteiger partial charge in [0.1, 0.15) is 0 Å². The number of halogens is 2. The summed E-state index contributed by atoms with van der Waals surface area (Å²) in [6, 6.07) is 9.21. The lowest BCUT2D eigenvalue weighted by molar-refractivity contribution is 0.573. The summed E-state index contributed by atoms with van der Waals surface area (Å²) in [5.41, 5.74) is 5.50. The van der Waals surface area contributed by atoms with Crippen molar-refractivity contribution in [2.24, 2.45) is 0 Å². The molecule has 2 aromatic rings. The monoisotopic (exact) mass is 408 g/mol. The van der Waals surface area contributed by atoms with Crippen LogP contribution in [0.5, 0.6) is 0 Å². The van der Waals surface area contributed by atoms with Crippen molar-refractivity contribution in [3.8, 4) is 0 Å². The second-order valence-electron chi connectivity index (χ2n) is 5.52. The highest BCUT2D eigenvalue weighted by Gasteiger charge is 2.17. The van der Waals surface area contributed by atoms with Crippen molar-refractivity contribution in [1.82, 2.24) is 10.3 Å². The molecule has 0 saturated heterocycles. The average molecular weight is 410 g/mol. The Bertz CT molecular complexity index is 655. The minimum atomic E-state index is 0.215. The van der Waals surface area contributed by atoms with Gasteiger partial charge in [-0.1, -0.05) is 18.2 Å². The highest BCUT2D eigenvalue weighted by Crippen LogP contribution is 2.28. The Morgan fingerprint density at radius 2 is 2.00 bits per heavy atom. The SMILES string of the molecule is CNC(Cc1ccc2c(c1)CCC2)c1ncc(Br)cc1Br. The Balaban J connectivity index is 1.84. The maximum atomic E-state index is 4.56. The summed E-state index contributed by atoms with van der Waals surface area (Å²) < 4.78 is 2.03. The van der Waals surface area contributed by atoms with Crippen LogP contribution < -0.4 is 5.32 Å². The maximum absolute atomic E-state index is 4.56. The number of rotatable bonds is 4. The van der Waals surface area contributed by atoms with Gasteiger partial charge in [0.25, 0.3) is 0 Å². The van der Waals surface area contributed by atoms with Crippen LogP contribution in [0.2, 0.25) is 0 Å². The van der Waals surface area contributed by atoms with E-state index in [2.05, 4.69) is 66.4 Å². The van der Waals surface area contributed by atoms with Crippen LogP contribution in [-0.2, 0) is 19.3 Å². The number of hydrogen-bond donors (Lipinski definition) is 1. The molecule has 2 nitrogen and oxygen atoms in total. The molecule has 0 saturated carbocycles. The first kappa shape index (κ1) is 15.2. The molecule has 0 aliphatic heterocycles. The van der Waals surface area contributed by atoms with Crippen molar-refractivity contribution >= 4 is 31.9 Å². The van der Waals surface area contributed by atoms with E-state index in [1.807, 2.05) is 13.2 Å². The molecule has 3 rings (SSSR count). The zero-order chi connectivity index (χ0) is 14.8. The Morgan fingerprint density at radius 1 is 1.19 bits per heavy atom. The maximum Gasteiger partial charge on any atom is 0.0719 e. The van der Waals surface area contributed by atoms with Gasteiger partial charge in [-0.25, -0.2) is 0 Å². The molecule has 0 fully saturated rings. The number of pyridine rings is 1. The third-order valence-corrected chi connectivity index (χ3v) is 5.19. The number of likely N-dealkylation sites (N-methyl/N-ethyl adjacent to an activating group) is 1. The molecule has 1 unspecified atom stereocenters. The van der Waals surface area contributed by atoms with Gasteiger partial charge in [0.05, 0.1) is 11.7 Å². The molecule has 4 heteroatoms. The Labute approximate surface area is 142 Å². The standard InChI is InChI=1S/C17H18Br2N2/c1-20-16(17-15(19)9-14(18)10-21-17)8-11-5-6-12-3-2-4-13(12)7-11/h5-7,9-10,16,20H,2-4,8H2,1H3. The number of fused-ring (bicyclic) bond motifs is 1. The molecule has 0 bridgehead atoms. The highest BCUT2D eigenvalue weighted by molar-refractivity contribution is 9.11. The molecule has 1 atom stereocenters. The van der Waals surface area contributed by atoms with Crippen LogP contribution in [0.15, 0.2) is 39.4 Å². The van der Waals surface area contributed by atoms with Crippen LogP contribution in [0.25, 0.3) is 0 Å². The fourth-order valence-electron chi connectivity index (χ4n) is 3.00. The van der Waals surface area contributed by atoms with Gasteiger partial charge in [0, 0.05) is 15.1 Å². The number of aryl methyl sites for hydroxylation is 2. The van der Waals surface area contributed by atoms with Gasteiger partial charge in [-0.3, -0.25) is 4.98 Å². The van der Waals surface area contributed by atoms with E-state index < -0.39 is 0 Å². The second-order valence-corrected chi connectivity index (χ2v) is 7.29. The second kappa shape index (κ2) is 6.59. The Morgan fingerprint density at radius 3 is 2.76 bits per heavy atom. The number of nitrogens with one attached hydrogen (secondary N) is 1. The molecule has 1 aromatic heterocycles. The highest BCUT2D eigenvalue weighted by atomic mass is 79.9. The summed E-state index contributed by atoms with van der Waals surface area (Å²) >= 11 is 7.07. The topological polar surface area (TPSA) is 24.9 Å². The molecule has 110 valence electrons. The molecule has 0 radical (unpaired) electrons. The van der Waals surface area contributed by atoms with E-state index >= 15 is 0 Å². The van der Waals surface area contributed by atoms with Gasteiger partial charge in [-0.05, 0) is 87.3 Å². The quantitative estimate of drug-likeness (QED) is 0.798. The van der Waals surface area contributed by atoms with Crippen LogP contribution in [-0.4, -0.2) is 12.0 Å². The van der Waals surface area contributed by atoms with Gasteiger partial charge in [-0.15, -0.1) is 0 Å². The van der Waals surface area contributed by atoms with Crippen molar-refractivity contribution in [1.29, 1.82) is 0 Å². The molecule has 1 heterocycles. The van der Waals surface area contributed by atoms with Crippen molar-refractivity contribution in [2.75, 3.05) is 7.05 Å². The molecule has 21 heavy (non-hydrogen) atoms. The van der Waals surface area contributed by atoms with E-state index in [1.165, 1.54) is 36.0 Å². The van der Waals surface area contributed by atoms with Crippen molar-refractivity contribution in [3.05, 3.63) is 61.8 Å². The normalized spacial score (nSPS) is 15.0. The van der Waals surface area contributed by atoms with Crippen molar-refractivity contribution < 1.29 is 0 Å². The minimum Gasteiger partial charge on any atom is -0.311 e. The van der Waals surface area contributed by atoms with Crippen LogP contribution in [0.1, 0.15) is 34.8 Å². The summed E-state index contributed by atoms with van der Waals surface area (Å²) in [5, 5.41) is 3.39. The molecule has 1 aromatic carbocycles. The molecule has 1 N–H and O–H groups in total. The fraction of sp³-hybridized carbons (Fsp3) is 0.353. The first-order valence-corrected chi connectivity index (χ1v) is 8.85. The number of benzene rings is 1. The van der Waals surface area contributed by atoms with Gasteiger partial charge in [-0.2, -0.15) is 0 Å². The largest absolute Gasteiger partial charge is 0.311 e. The third-order valence-electron chi connectivity index (χ3n) is 4.12. The van der Waals surface area contributed by atoms with E-state index in [4.69, 9.17) is 0 Å². The van der Waals surface area contributed by atoms with Gasteiger partial charge >= 0.3 is 0 Å². The molecule has 1 aliphatic carbocycles.